The van der Waals surface area contributed by atoms with Crippen molar-refractivity contribution in [2.45, 2.75) is 43.9 Å². The molecule has 4 aromatic rings. The first-order valence-electron chi connectivity index (χ1n) is 11.9. The summed E-state index contributed by atoms with van der Waals surface area (Å²) in [5.41, 5.74) is 1.60. The van der Waals surface area contributed by atoms with E-state index in [1.54, 1.807) is 17.6 Å². The number of carbonyl (C=O) groups excluding carboxylic acids is 1. The summed E-state index contributed by atoms with van der Waals surface area (Å²) in [6.45, 7) is 8.16. The third-order valence-electron chi connectivity index (χ3n) is 6.24. The summed E-state index contributed by atoms with van der Waals surface area (Å²) in [5.74, 6) is 4.28. The van der Waals surface area contributed by atoms with E-state index >= 15 is 0 Å². The maximum Gasteiger partial charge on any atom is 0.324 e. The molecule has 0 spiro atoms. The van der Waals surface area contributed by atoms with Gasteiger partial charge in [0, 0.05) is 22.2 Å². The Morgan fingerprint density at radius 1 is 1.14 bits per heavy atom. The zero-order valence-electron chi connectivity index (χ0n) is 21.4. The van der Waals surface area contributed by atoms with Gasteiger partial charge in [-0.25, -0.2) is 4.98 Å². The van der Waals surface area contributed by atoms with E-state index in [1.165, 1.54) is 0 Å². The molecule has 0 fully saturated rings. The molecule has 0 bridgehead atoms. The third-order valence-corrected chi connectivity index (χ3v) is 8.63. The SMILES string of the molecule is C=S(C)(=O)c1cccc(-c2ccc(-n3cc(C(C)C)nc3C(C)(C(=O)OCC)c3ccccc3)s2)c1. The number of hydrogen-bond donors (Lipinski definition) is 0. The van der Waals surface area contributed by atoms with Gasteiger partial charge in [0.2, 0.25) is 0 Å². The van der Waals surface area contributed by atoms with Gasteiger partial charge in [-0.2, -0.15) is 0 Å². The predicted molar refractivity (Wildman–Crippen MR) is 150 cm³/mol. The number of hydrogen-bond acceptors (Lipinski definition) is 5. The van der Waals surface area contributed by atoms with Crippen LogP contribution in [0.4, 0.5) is 0 Å². The fourth-order valence-electron chi connectivity index (χ4n) is 4.11. The largest absolute Gasteiger partial charge is 0.465 e. The van der Waals surface area contributed by atoms with Gasteiger partial charge in [0.1, 0.15) is 16.2 Å². The Balaban J connectivity index is 1.89. The van der Waals surface area contributed by atoms with Gasteiger partial charge in [0.25, 0.3) is 0 Å². The Kier molecular flexibility index (Phi) is 7.25. The van der Waals surface area contributed by atoms with Crippen LogP contribution in [0.15, 0.2) is 77.8 Å². The van der Waals surface area contributed by atoms with E-state index < -0.39 is 14.9 Å². The third kappa shape index (κ3) is 4.90. The lowest BCUT2D eigenvalue weighted by molar-refractivity contribution is -0.148. The predicted octanol–water partition coefficient (Wildman–Crippen LogP) is 6.30. The highest BCUT2D eigenvalue weighted by Crippen LogP contribution is 2.38. The van der Waals surface area contributed by atoms with E-state index in [4.69, 9.17) is 9.72 Å². The fraction of sp³-hybridized carbons (Fsp3) is 0.276. The van der Waals surface area contributed by atoms with Crippen LogP contribution < -0.4 is 0 Å². The number of carbonyl (C=O) groups is 1. The first-order valence-corrected chi connectivity index (χ1v) is 14.9. The van der Waals surface area contributed by atoms with Gasteiger partial charge in [0.15, 0.2) is 0 Å². The average Bonchev–Trinajstić information content (AvgIpc) is 3.52. The molecule has 2 atom stereocenters. The number of benzene rings is 2. The van der Waals surface area contributed by atoms with Crippen molar-refractivity contribution in [1.82, 2.24) is 9.55 Å². The molecule has 2 aromatic heterocycles. The molecular formula is C29H32N2O3S2. The zero-order valence-corrected chi connectivity index (χ0v) is 23.0. The molecule has 4 rings (SSSR count). The molecule has 2 heterocycles. The molecule has 36 heavy (non-hydrogen) atoms. The molecule has 188 valence electrons. The smallest absolute Gasteiger partial charge is 0.324 e. The minimum Gasteiger partial charge on any atom is -0.465 e. The van der Waals surface area contributed by atoms with Gasteiger partial charge in [-0.15, -0.1) is 11.3 Å². The van der Waals surface area contributed by atoms with Crippen molar-refractivity contribution in [3.05, 3.63) is 90.0 Å². The highest BCUT2D eigenvalue weighted by Gasteiger charge is 2.43. The lowest BCUT2D eigenvalue weighted by Crippen LogP contribution is -2.38. The molecule has 2 unspecified atom stereocenters. The highest BCUT2D eigenvalue weighted by molar-refractivity contribution is 7.99. The van der Waals surface area contributed by atoms with E-state index in [-0.39, 0.29) is 18.5 Å². The molecule has 5 nitrogen and oxygen atoms in total. The highest BCUT2D eigenvalue weighted by atomic mass is 32.2. The lowest BCUT2D eigenvalue weighted by Gasteiger charge is -2.27. The Morgan fingerprint density at radius 2 is 1.86 bits per heavy atom. The molecule has 0 aliphatic carbocycles. The van der Waals surface area contributed by atoms with Gasteiger partial charge in [-0.05, 0) is 70.5 Å². The Bertz CT molecular complexity index is 1480. The molecule has 0 saturated carbocycles. The van der Waals surface area contributed by atoms with Crippen LogP contribution in [-0.2, 0) is 24.5 Å². The van der Waals surface area contributed by atoms with Crippen LogP contribution in [0.5, 0.6) is 0 Å². The Hall–Kier alpha value is -3.16. The topological polar surface area (TPSA) is 61.2 Å². The summed E-state index contributed by atoms with van der Waals surface area (Å²) >= 11 is 1.59. The minimum absolute atomic E-state index is 0.179. The van der Waals surface area contributed by atoms with E-state index in [9.17, 15) is 9.00 Å². The van der Waals surface area contributed by atoms with Crippen molar-refractivity contribution in [3.8, 4) is 15.4 Å². The average molecular weight is 521 g/mol. The van der Waals surface area contributed by atoms with Gasteiger partial charge >= 0.3 is 5.97 Å². The first-order chi connectivity index (χ1) is 17.1. The fourth-order valence-corrected chi connectivity index (χ4v) is 5.84. The number of rotatable bonds is 8. The number of nitrogens with zero attached hydrogens (tertiary/aromatic N) is 2. The summed E-state index contributed by atoms with van der Waals surface area (Å²) in [4.78, 5) is 20.2. The molecule has 0 amide bonds. The molecule has 7 heteroatoms. The maximum atomic E-state index is 13.5. The van der Waals surface area contributed by atoms with E-state index in [0.717, 1.165) is 31.6 Å². The van der Waals surface area contributed by atoms with E-state index in [2.05, 4.69) is 19.7 Å². The Morgan fingerprint density at radius 3 is 2.50 bits per heavy atom. The number of imidazole rings is 1. The number of aromatic nitrogens is 2. The van der Waals surface area contributed by atoms with Gasteiger partial charge in [0.05, 0.1) is 12.3 Å². The summed E-state index contributed by atoms with van der Waals surface area (Å²) < 4.78 is 20.1. The molecule has 0 saturated heterocycles. The van der Waals surface area contributed by atoms with Gasteiger partial charge in [-0.3, -0.25) is 13.6 Å². The summed E-state index contributed by atoms with van der Waals surface area (Å²) in [5, 5.41) is 0.933. The first kappa shape index (κ1) is 25.9. The molecule has 0 aliphatic rings. The van der Waals surface area contributed by atoms with Crippen LogP contribution in [0.2, 0.25) is 0 Å². The second-order valence-electron chi connectivity index (χ2n) is 9.40. The Labute approximate surface area is 217 Å². The van der Waals surface area contributed by atoms with E-state index in [1.807, 2.05) is 91.3 Å². The van der Waals surface area contributed by atoms with Crippen molar-refractivity contribution in [3.63, 3.8) is 0 Å². The van der Waals surface area contributed by atoms with E-state index in [0.29, 0.717) is 5.82 Å². The monoisotopic (exact) mass is 520 g/mol. The van der Waals surface area contributed by atoms with Crippen LogP contribution in [0.25, 0.3) is 15.4 Å². The molecule has 0 radical (unpaired) electrons. The van der Waals surface area contributed by atoms with Crippen molar-refractivity contribution in [2.24, 2.45) is 0 Å². The van der Waals surface area contributed by atoms with Gasteiger partial charge < -0.3 is 4.74 Å². The van der Waals surface area contributed by atoms with Crippen molar-refractivity contribution in [2.75, 3.05) is 12.9 Å². The second kappa shape index (κ2) is 10.1. The van der Waals surface area contributed by atoms with Crippen molar-refractivity contribution in [1.29, 1.82) is 0 Å². The molecule has 2 aromatic carbocycles. The number of ether oxygens (including phenoxy) is 1. The molecular weight excluding hydrogens is 488 g/mol. The normalized spacial score (nSPS) is 14.8. The summed E-state index contributed by atoms with van der Waals surface area (Å²) in [6, 6.07) is 21.4. The zero-order chi connectivity index (χ0) is 26.1. The quantitative estimate of drug-likeness (QED) is 0.202. The van der Waals surface area contributed by atoms with Crippen LogP contribution >= 0.6 is 11.3 Å². The molecule has 0 aliphatic heterocycles. The minimum atomic E-state index is -2.32. The number of thiophene rings is 1. The van der Waals surface area contributed by atoms with Gasteiger partial charge in [-0.1, -0.05) is 56.3 Å². The summed E-state index contributed by atoms with van der Waals surface area (Å²) in [6.07, 6.45) is 3.66. The second-order valence-corrected chi connectivity index (χ2v) is 12.9. The standard InChI is InChI=1S/C29H32N2O3S2/c1-7-34-28(32)29(4,22-13-9-8-10-14-22)27-30-24(20(2)3)19-31(27)26-17-16-25(35-26)21-12-11-15-23(18-21)36(5,6)33/h8-20H,5,7H2,1-4,6H3. The van der Waals surface area contributed by atoms with Crippen LogP contribution in [0.3, 0.4) is 0 Å². The van der Waals surface area contributed by atoms with Crippen molar-refractivity contribution < 1.29 is 13.7 Å². The summed E-state index contributed by atoms with van der Waals surface area (Å²) in [7, 11) is -2.32. The van der Waals surface area contributed by atoms with Crippen molar-refractivity contribution >= 4 is 32.7 Å². The maximum absolute atomic E-state index is 13.5. The van der Waals surface area contributed by atoms with Crippen LogP contribution in [-0.4, -0.2) is 38.5 Å². The molecule has 0 N–H and O–H groups in total. The number of esters is 1. The lowest BCUT2D eigenvalue weighted by atomic mass is 9.81. The van der Waals surface area contributed by atoms with Crippen LogP contribution in [0, 0.1) is 0 Å². The van der Waals surface area contributed by atoms with Crippen LogP contribution in [0.1, 0.15) is 50.7 Å².